The van der Waals surface area contributed by atoms with Crippen LogP contribution in [0.4, 0.5) is 4.39 Å². The Hall–Kier alpha value is -1.05. The second-order valence-electron chi connectivity index (χ2n) is 4.24. The molecule has 0 saturated heterocycles. The van der Waals surface area contributed by atoms with Gasteiger partial charge in [-0.1, -0.05) is 27.7 Å². The lowest BCUT2D eigenvalue weighted by atomic mass is 9.95. The first-order valence-electron chi connectivity index (χ1n) is 4.95. The zero-order valence-electron chi connectivity index (χ0n) is 9.13. The molecule has 0 spiro atoms. The third-order valence-corrected chi connectivity index (χ3v) is 2.39. The molecule has 0 fully saturated rings. The van der Waals surface area contributed by atoms with Crippen LogP contribution in [0.2, 0.25) is 0 Å². The maximum absolute atomic E-state index is 13.5. The van der Waals surface area contributed by atoms with E-state index in [4.69, 9.17) is 0 Å². The lowest BCUT2D eigenvalue weighted by Crippen LogP contribution is -1.97. The van der Waals surface area contributed by atoms with Gasteiger partial charge in [0.15, 0.2) is 0 Å². The van der Waals surface area contributed by atoms with Crippen LogP contribution in [-0.4, -0.2) is 5.11 Å². The molecule has 0 aromatic heterocycles. The first-order valence-corrected chi connectivity index (χ1v) is 4.95. The summed E-state index contributed by atoms with van der Waals surface area (Å²) >= 11 is 0. The fraction of sp³-hybridized carbons (Fsp3) is 0.500. The second kappa shape index (κ2) is 3.99. The summed E-state index contributed by atoms with van der Waals surface area (Å²) in [5, 5.41) is 9.67. The quantitative estimate of drug-likeness (QED) is 0.763. The Morgan fingerprint density at radius 3 is 1.93 bits per heavy atom. The van der Waals surface area contributed by atoms with Gasteiger partial charge in [-0.2, -0.15) is 0 Å². The van der Waals surface area contributed by atoms with E-state index in [2.05, 4.69) is 0 Å². The molecule has 1 aromatic carbocycles. The van der Waals surface area contributed by atoms with Crippen LogP contribution in [0.25, 0.3) is 0 Å². The van der Waals surface area contributed by atoms with Crippen molar-refractivity contribution in [3.05, 3.63) is 29.1 Å². The Bertz CT molecular complexity index is 296. The largest absolute Gasteiger partial charge is 0.508 e. The maximum Gasteiger partial charge on any atom is 0.127 e. The average Bonchev–Trinajstić information content (AvgIpc) is 2.07. The molecule has 0 unspecified atom stereocenters. The van der Waals surface area contributed by atoms with Crippen LogP contribution in [0.15, 0.2) is 12.1 Å². The van der Waals surface area contributed by atoms with Crippen LogP contribution in [0.5, 0.6) is 5.75 Å². The van der Waals surface area contributed by atoms with Crippen molar-refractivity contribution >= 4 is 0 Å². The van der Waals surface area contributed by atoms with E-state index >= 15 is 0 Å². The van der Waals surface area contributed by atoms with Crippen molar-refractivity contribution in [2.75, 3.05) is 0 Å². The predicted molar refractivity (Wildman–Crippen MR) is 56.2 cm³/mol. The first kappa shape index (κ1) is 11.0. The van der Waals surface area contributed by atoms with Crippen LogP contribution in [0.1, 0.15) is 50.7 Å². The Labute approximate surface area is 84.6 Å². The molecule has 0 aliphatic heterocycles. The van der Waals surface area contributed by atoms with Gasteiger partial charge in [-0.15, -0.1) is 0 Å². The minimum absolute atomic E-state index is 0.0992. The number of benzene rings is 1. The zero-order valence-corrected chi connectivity index (χ0v) is 9.13. The van der Waals surface area contributed by atoms with Crippen molar-refractivity contribution in [1.29, 1.82) is 0 Å². The molecule has 0 radical (unpaired) electrons. The Morgan fingerprint density at radius 2 is 1.50 bits per heavy atom. The van der Waals surface area contributed by atoms with Crippen LogP contribution in [-0.2, 0) is 0 Å². The Morgan fingerprint density at radius 1 is 1.00 bits per heavy atom. The highest BCUT2D eigenvalue weighted by Gasteiger charge is 2.13. The monoisotopic (exact) mass is 196 g/mol. The van der Waals surface area contributed by atoms with E-state index in [1.165, 1.54) is 12.1 Å². The standard InChI is InChI=1S/C12H17FO/c1-7(2)9-6-12(14)10(8(3)4)5-11(9)13/h5-8,14H,1-4H3. The number of phenols is 1. The molecule has 1 rings (SSSR count). The molecule has 0 atom stereocenters. The van der Waals surface area contributed by atoms with Crippen LogP contribution < -0.4 is 0 Å². The van der Waals surface area contributed by atoms with Crippen molar-refractivity contribution in [2.45, 2.75) is 39.5 Å². The summed E-state index contributed by atoms with van der Waals surface area (Å²) in [5.41, 5.74) is 1.25. The minimum atomic E-state index is -0.221. The number of aromatic hydroxyl groups is 1. The highest BCUT2D eigenvalue weighted by molar-refractivity contribution is 5.40. The topological polar surface area (TPSA) is 20.2 Å². The number of rotatable bonds is 2. The first-order chi connectivity index (χ1) is 6.43. The van der Waals surface area contributed by atoms with Crippen molar-refractivity contribution in [2.24, 2.45) is 0 Å². The van der Waals surface area contributed by atoms with E-state index < -0.39 is 0 Å². The number of hydrogen-bond acceptors (Lipinski definition) is 1. The van der Waals surface area contributed by atoms with Crippen molar-refractivity contribution in [3.63, 3.8) is 0 Å². The van der Waals surface area contributed by atoms with E-state index in [1.807, 2.05) is 27.7 Å². The summed E-state index contributed by atoms with van der Waals surface area (Å²) in [6.45, 7) is 7.69. The number of hydrogen-bond donors (Lipinski definition) is 1. The molecule has 0 heterocycles. The summed E-state index contributed by atoms with van der Waals surface area (Å²) in [5.74, 6) is 0.222. The Kier molecular flexibility index (Phi) is 3.14. The van der Waals surface area contributed by atoms with Crippen LogP contribution >= 0.6 is 0 Å². The zero-order chi connectivity index (χ0) is 10.9. The molecular weight excluding hydrogens is 179 g/mol. The van der Waals surface area contributed by atoms with E-state index in [0.29, 0.717) is 11.1 Å². The predicted octanol–water partition coefficient (Wildman–Crippen LogP) is 3.78. The van der Waals surface area contributed by atoms with Gasteiger partial charge in [0.1, 0.15) is 11.6 Å². The highest BCUT2D eigenvalue weighted by atomic mass is 19.1. The third kappa shape index (κ3) is 2.06. The lowest BCUT2D eigenvalue weighted by molar-refractivity contribution is 0.459. The van der Waals surface area contributed by atoms with Gasteiger partial charge in [0.25, 0.3) is 0 Å². The Balaban J connectivity index is 3.24. The molecule has 0 bridgehead atoms. The molecule has 1 aromatic rings. The number of halogens is 1. The van der Waals surface area contributed by atoms with E-state index in [9.17, 15) is 9.50 Å². The molecular formula is C12H17FO. The molecule has 14 heavy (non-hydrogen) atoms. The fourth-order valence-electron chi connectivity index (χ4n) is 1.50. The van der Waals surface area contributed by atoms with Gasteiger partial charge in [-0.05, 0) is 35.1 Å². The minimum Gasteiger partial charge on any atom is -0.508 e. The van der Waals surface area contributed by atoms with Crippen LogP contribution in [0, 0.1) is 5.82 Å². The van der Waals surface area contributed by atoms with Gasteiger partial charge >= 0.3 is 0 Å². The summed E-state index contributed by atoms with van der Waals surface area (Å²) in [6.07, 6.45) is 0. The number of phenolic OH excluding ortho intramolecular Hbond substituents is 1. The smallest absolute Gasteiger partial charge is 0.127 e. The maximum atomic E-state index is 13.5. The molecule has 78 valence electrons. The molecule has 2 heteroatoms. The van der Waals surface area contributed by atoms with E-state index in [-0.39, 0.29) is 23.4 Å². The normalized spacial score (nSPS) is 11.4. The molecule has 0 aliphatic carbocycles. The SMILES string of the molecule is CC(C)c1cc(F)c(C(C)C)cc1O. The van der Waals surface area contributed by atoms with Crippen molar-refractivity contribution in [3.8, 4) is 5.75 Å². The summed E-state index contributed by atoms with van der Waals surface area (Å²) < 4.78 is 13.5. The summed E-state index contributed by atoms with van der Waals surface area (Å²) in [6, 6.07) is 2.98. The average molecular weight is 196 g/mol. The van der Waals surface area contributed by atoms with Gasteiger partial charge in [-0.25, -0.2) is 4.39 Å². The molecule has 1 N–H and O–H groups in total. The van der Waals surface area contributed by atoms with Crippen molar-refractivity contribution < 1.29 is 9.50 Å². The van der Waals surface area contributed by atoms with Crippen molar-refractivity contribution in [1.82, 2.24) is 0 Å². The van der Waals surface area contributed by atoms with E-state index in [1.54, 1.807) is 0 Å². The molecule has 1 nitrogen and oxygen atoms in total. The van der Waals surface area contributed by atoms with Gasteiger partial charge in [0.05, 0.1) is 0 Å². The third-order valence-electron chi connectivity index (χ3n) is 2.39. The molecule has 0 saturated carbocycles. The summed E-state index contributed by atoms with van der Waals surface area (Å²) in [7, 11) is 0. The summed E-state index contributed by atoms with van der Waals surface area (Å²) in [4.78, 5) is 0. The van der Waals surface area contributed by atoms with Gasteiger partial charge < -0.3 is 5.11 Å². The van der Waals surface area contributed by atoms with Gasteiger partial charge in [-0.3, -0.25) is 0 Å². The van der Waals surface area contributed by atoms with E-state index in [0.717, 1.165) is 0 Å². The van der Waals surface area contributed by atoms with Gasteiger partial charge in [0, 0.05) is 0 Å². The molecule has 0 amide bonds. The fourth-order valence-corrected chi connectivity index (χ4v) is 1.50. The van der Waals surface area contributed by atoms with Gasteiger partial charge in [0.2, 0.25) is 0 Å². The second-order valence-corrected chi connectivity index (χ2v) is 4.24. The van der Waals surface area contributed by atoms with Crippen LogP contribution in [0.3, 0.4) is 0 Å². The lowest BCUT2D eigenvalue weighted by Gasteiger charge is -2.13. The highest BCUT2D eigenvalue weighted by Crippen LogP contribution is 2.31. The molecule has 0 aliphatic rings.